The number of nitrogens with one attached hydrogen (secondary N) is 2. The third kappa shape index (κ3) is 4.36. The van der Waals surface area contributed by atoms with Gasteiger partial charge in [0.15, 0.2) is 16.2 Å². The molecule has 2 rings (SSSR count). The van der Waals surface area contributed by atoms with Crippen molar-refractivity contribution in [3.63, 3.8) is 0 Å². The van der Waals surface area contributed by atoms with E-state index in [1.54, 1.807) is 38.1 Å². The van der Waals surface area contributed by atoms with Crippen molar-refractivity contribution in [3.8, 4) is 5.75 Å². The average molecular weight is 369 g/mol. The number of hydrogen-bond acceptors (Lipinski definition) is 4. The minimum atomic E-state index is -1.06. The van der Waals surface area contributed by atoms with Crippen LogP contribution in [0.2, 0.25) is 5.02 Å². The Kier molecular flexibility index (Phi) is 5.66. The summed E-state index contributed by atoms with van der Waals surface area (Å²) in [5.41, 5.74) is -1.06. The van der Waals surface area contributed by atoms with Gasteiger partial charge in [0.25, 0.3) is 5.91 Å². The molecule has 0 spiro atoms. The number of aromatic amines is 1. The van der Waals surface area contributed by atoms with E-state index in [1.165, 1.54) is 0 Å². The van der Waals surface area contributed by atoms with Crippen molar-refractivity contribution in [2.24, 2.45) is 0 Å². The summed E-state index contributed by atoms with van der Waals surface area (Å²) in [7, 11) is 0. The SMILES string of the molecule is CC(C)n1c(CNC(=O)C(C)(C)Oc2cccc(Cl)c2)n[nH]c1=S. The van der Waals surface area contributed by atoms with Crippen LogP contribution in [0.15, 0.2) is 24.3 Å². The number of carbonyl (C=O) groups excluding carboxylic acids is 1. The molecule has 0 atom stereocenters. The van der Waals surface area contributed by atoms with Crippen LogP contribution in [-0.2, 0) is 11.3 Å². The highest BCUT2D eigenvalue weighted by atomic mass is 35.5. The van der Waals surface area contributed by atoms with E-state index in [-0.39, 0.29) is 18.5 Å². The first-order valence-electron chi connectivity index (χ1n) is 7.59. The van der Waals surface area contributed by atoms with Crippen molar-refractivity contribution in [3.05, 3.63) is 39.9 Å². The van der Waals surface area contributed by atoms with Crippen LogP contribution in [0.1, 0.15) is 39.6 Å². The predicted octanol–water partition coefficient (Wildman–Crippen LogP) is 3.65. The van der Waals surface area contributed by atoms with Gasteiger partial charge in [-0.25, -0.2) is 0 Å². The van der Waals surface area contributed by atoms with Gasteiger partial charge in [-0.15, -0.1) is 0 Å². The smallest absolute Gasteiger partial charge is 0.263 e. The molecule has 1 aromatic carbocycles. The van der Waals surface area contributed by atoms with Gasteiger partial charge in [0.05, 0.1) is 6.54 Å². The average Bonchev–Trinajstić information content (AvgIpc) is 2.85. The van der Waals surface area contributed by atoms with E-state index in [0.29, 0.717) is 21.4 Å². The first kappa shape index (κ1) is 18.5. The zero-order valence-electron chi connectivity index (χ0n) is 14.1. The monoisotopic (exact) mass is 368 g/mol. The minimum absolute atomic E-state index is 0.152. The highest BCUT2D eigenvalue weighted by molar-refractivity contribution is 7.71. The zero-order chi connectivity index (χ0) is 17.9. The molecule has 0 bridgehead atoms. The van der Waals surface area contributed by atoms with Crippen LogP contribution in [0.4, 0.5) is 0 Å². The van der Waals surface area contributed by atoms with Gasteiger partial charge >= 0.3 is 0 Å². The van der Waals surface area contributed by atoms with E-state index in [1.807, 2.05) is 18.4 Å². The summed E-state index contributed by atoms with van der Waals surface area (Å²) in [6, 6.07) is 7.09. The Morgan fingerprint density at radius 2 is 2.21 bits per heavy atom. The fraction of sp³-hybridized carbons (Fsp3) is 0.438. The van der Waals surface area contributed by atoms with E-state index < -0.39 is 5.60 Å². The van der Waals surface area contributed by atoms with Gasteiger partial charge in [0, 0.05) is 11.1 Å². The van der Waals surface area contributed by atoms with Gasteiger partial charge in [-0.2, -0.15) is 5.10 Å². The van der Waals surface area contributed by atoms with Crippen LogP contribution in [0.3, 0.4) is 0 Å². The van der Waals surface area contributed by atoms with Crippen LogP contribution in [0.25, 0.3) is 0 Å². The highest BCUT2D eigenvalue weighted by Crippen LogP contribution is 2.22. The molecule has 130 valence electrons. The van der Waals surface area contributed by atoms with E-state index in [9.17, 15) is 4.79 Å². The lowest BCUT2D eigenvalue weighted by atomic mass is 10.1. The summed E-state index contributed by atoms with van der Waals surface area (Å²) in [5, 5.41) is 10.3. The van der Waals surface area contributed by atoms with Gasteiger partial charge in [0.1, 0.15) is 5.75 Å². The van der Waals surface area contributed by atoms with Crippen molar-refractivity contribution < 1.29 is 9.53 Å². The number of aromatic nitrogens is 3. The van der Waals surface area contributed by atoms with E-state index in [2.05, 4.69) is 15.5 Å². The molecule has 0 unspecified atom stereocenters. The quantitative estimate of drug-likeness (QED) is 0.763. The number of amides is 1. The number of rotatable bonds is 6. The highest BCUT2D eigenvalue weighted by Gasteiger charge is 2.30. The Morgan fingerprint density at radius 3 is 2.83 bits per heavy atom. The molecule has 0 aliphatic heterocycles. The number of H-pyrrole nitrogens is 1. The first-order valence-corrected chi connectivity index (χ1v) is 8.38. The second-order valence-electron chi connectivity index (χ2n) is 6.16. The second-order valence-corrected chi connectivity index (χ2v) is 6.98. The Hall–Kier alpha value is -1.86. The third-order valence-electron chi connectivity index (χ3n) is 3.42. The molecule has 0 aliphatic carbocycles. The topological polar surface area (TPSA) is 71.9 Å². The molecule has 0 aliphatic rings. The van der Waals surface area contributed by atoms with Gasteiger partial charge in [-0.3, -0.25) is 9.89 Å². The summed E-state index contributed by atoms with van der Waals surface area (Å²) >= 11 is 11.1. The second kappa shape index (κ2) is 7.36. The van der Waals surface area contributed by atoms with Crippen molar-refractivity contribution >= 4 is 29.7 Å². The van der Waals surface area contributed by atoms with Gasteiger partial charge in [-0.1, -0.05) is 17.7 Å². The fourth-order valence-electron chi connectivity index (χ4n) is 2.24. The van der Waals surface area contributed by atoms with Crippen molar-refractivity contribution in [2.75, 3.05) is 0 Å². The summed E-state index contributed by atoms with van der Waals surface area (Å²) < 4.78 is 8.16. The van der Waals surface area contributed by atoms with Crippen molar-refractivity contribution in [1.82, 2.24) is 20.1 Å². The van der Waals surface area contributed by atoms with Crippen molar-refractivity contribution in [1.29, 1.82) is 0 Å². The molecule has 24 heavy (non-hydrogen) atoms. The maximum atomic E-state index is 12.5. The number of benzene rings is 1. The number of nitrogens with zero attached hydrogens (tertiary/aromatic N) is 2. The lowest BCUT2D eigenvalue weighted by molar-refractivity contribution is -0.134. The fourth-order valence-corrected chi connectivity index (χ4v) is 2.78. The lowest BCUT2D eigenvalue weighted by Crippen LogP contribution is -2.46. The van der Waals surface area contributed by atoms with Gasteiger partial charge in [-0.05, 0) is 58.1 Å². The zero-order valence-corrected chi connectivity index (χ0v) is 15.7. The summed E-state index contributed by atoms with van der Waals surface area (Å²) in [6.45, 7) is 7.66. The molecule has 1 amide bonds. The first-order chi connectivity index (χ1) is 11.2. The van der Waals surface area contributed by atoms with Crippen LogP contribution >= 0.6 is 23.8 Å². The molecule has 2 N–H and O–H groups in total. The lowest BCUT2D eigenvalue weighted by Gasteiger charge is -2.25. The molecule has 6 nitrogen and oxygen atoms in total. The number of hydrogen-bond donors (Lipinski definition) is 2. The molecular formula is C16H21ClN4O2S. The van der Waals surface area contributed by atoms with Gasteiger partial charge in [0.2, 0.25) is 0 Å². The van der Waals surface area contributed by atoms with E-state index in [0.717, 1.165) is 0 Å². The summed E-state index contributed by atoms with van der Waals surface area (Å²) in [6.07, 6.45) is 0. The van der Waals surface area contributed by atoms with Crippen LogP contribution in [-0.4, -0.2) is 26.3 Å². The van der Waals surface area contributed by atoms with Gasteiger partial charge < -0.3 is 14.6 Å². The standard InChI is InChI=1S/C16H21ClN4O2S/c1-10(2)21-13(19-20-15(21)24)9-18-14(22)16(3,4)23-12-7-5-6-11(17)8-12/h5-8,10H,9H2,1-4H3,(H,18,22)(H,20,24). The molecule has 0 saturated heterocycles. The molecule has 0 saturated carbocycles. The normalized spacial score (nSPS) is 11.6. The molecule has 1 aromatic heterocycles. The van der Waals surface area contributed by atoms with E-state index >= 15 is 0 Å². The number of carbonyl (C=O) groups is 1. The molecule has 1 heterocycles. The maximum Gasteiger partial charge on any atom is 0.263 e. The third-order valence-corrected chi connectivity index (χ3v) is 3.94. The molecule has 2 aromatic rings. The van der Waals surface area contributed by atoms with Crippen LogP contribution < -0.4 is 10.1 Å². The predicted molar refractivity (Wildman–Crippen MR) is 95.8 cm³/mol. The van der Waals surface area contributed by atoms with Crippen molar-refractivity contribution in [2.45, 2.75) is 45.9 Å². The molecular weight excluding hydrogens is 348 g/mol. The number of ether oxygens (including phenoxy) is 1. The largest absolute Gasteiger partial charge is 0.478 e. The molecule has 0 fully saturated rings. The summed E-state index contributed by atoms with van der Waals surface area (Å²) in [5.74, 6) is 0.945. The Balaban J connectivity index is 2.05. The Labute approximate surface area is 151 Å². The Bertz CT molecular complexity index is 782. The Morgan fingerprint density at radius 1 is 1.50 bits per heavy atom. The van der Waals surface area contributed by atoms with Crippen LogP contribution in [0.5, 0.6) is 5.75 Å². The minimum Gasteiger partial charge on any atom is -0.478 e. The van der Waals surface area contributed by atoms with Crippen LogP contribution in [0, 0.1) is 4.77 Å². The number of halogens is 1. The molecule has 8 heteroatoms. The van der Waals surface area contributed by atoms with E-state index in [4.69, 9.17) is 28.6 Å². The summed E-state index contributed by atoms with van der Waals surface area (Å²) in [4.78, 5) is 12.5. The maximum absolute atomic E-state index is 12.5. The molecule has 0 radical (unpaired) electrons.